The number of benzene rings is 1. The molecule has 1 aromatic carbocycles. The molecule has 0 unspecified atom stereocenters. The molecule has 96 valence electrons. The predicted molar refractivity (Wildman–Crippen MR) is 64.3 cm³/mol. The first-order valence-electron chi connectivity index (χ1n) is 5.45. The third kappa shape index (κ3) is 2.65. The van der Waals surface area contributed by atoms with Crippen molar-refractivity contribution < 1.29 is 13.5 Å². The van der Waals surface area contributed by atoms with Crippen molar-refractivity contribution in [1.29, 1.82) is 0 Å². The zero-order valence-corrected chi connectivity index (χ0v) is 9.84. The first kappa shape index (κ1) is 12.5. The fourth-order valence-corrected chi connectivity index (χ4v) is 1.54. The van der Waals surface area contributed by atoms with E-state index in [0.717, 1.165) is 6.07 Å². The van der Waals surface area contributed by atoms with Gasteiger partial charge >= 0.3 is 0 Å². The number of aromatic nitrogens is 2. The van der Waals surface area contributed by atoms with Gasteiger partial charge in [0.25, 0.3) is 0 Å². The minimum atomic E-state index is -0.885. The first-order valence-corrected chi connectivity index (χ1v) is 5.45. The predicted octanol–water partition coefficient (Wildman–Crippen LogP) is 2.41. The number of ether oxygens (including phenoxy) is 1. The maximum atomic E-state index is 13.5. The summed E-state index contributed by atoms with van der Waals surface area (Å²) in [5.74, 6) is -1.20. The molecule has 0 saturated heterocycles. The van der Waals surface area contributed by atoms with E-state index in [1.54, 1.807) is 13.2 Å². The third-order valence-corrected chi connectivity index (χ3v) is 2.43. The molecule has 2 rings (SSSR count). The van der Waals surface area contributed by atoms with Crippen molar-refractivity contribution in [2.24, 2.45) is 0 Å². The molecule has 0 aliphatic carbocycles. The molecule has 0 atom stereocenters. The number of methoxy groups -OCH3 is 1. The lowest BCUT2D eigenvalue weighted by atomic mass is 10.1. The molecular formula is C12H13F2N3O. The summed E-state index contributed by atoms with van der Waals surface area (Å²) in [6, 6.07) is 5.64. The molecule has 4 nitrogen and oxygen atoms in total. The molecule has 2 aromatic rings. The van der Waals surface area contributed by atoms with Crippen LogP contribution in [-0.2, 0) is 4.74 Å². The van der Waals surface area contributed by atoms with Crippen LogP contribution in [0.1, 0.15) is 0 Å². The molecule has 0 saturated carbocycles. The molecule has 18 heavy (non-hydrogen) atoms. The number of hydrogen-bond donors (Lipinski definition) is 2. The van der Waals surface area contributed by atoms with E-state index >= 15 is 0 Å². The summed E-state index contributed by atoms with van der Waals surface area (Å²) in [6.07, 6.45) is 0. The lowest BCUT2D eigenvalue weighted by Gasteiger charge is -2.00. The SMILES string of the molecule is COCCNc1cc(-c2cccc(F)c2F)[nH]n1. The molecule has 1 heterocycles. The summed E-state index contributed by atoms with van der Waals surface area (Å²) in [5, 5.41) is 9.60. The Balaban J connectivity index is 2.16. The van der Waals surface area contributed by atoms with Crippen molar-refractivity contribution in [2.75, 3.05) is 25.6 Å². The van der Waals surface area contributed by atoms with Gasteiger partial charge in [0, 0.05) is 25.3 Å². The molecule has 0 aliphatic rings. The minimum absolute atomic E-state index is 0.155. The maximum Gasteiger partial charge on any atom is 0.168 e. The second kappa shape index (κ2) is 5.59. The number of aromatic amines is 1. The van der Waals surface area contributed by atoms with Crippen LogP contribution in [0.4, 0.5) is 14.6 Å². The minimum Gasteiger partial charge on any atom is -0.383 e. The number of nitrogens with one attached hydrogen (secondary N) is 2. The quantitative estimate of drug-likeness (QED) is 0.804. The van der Waals surface area contributed by atoms with Crippen molar-refractivity contribution >= 4 is 5.82 Å². The Hall–Kier alpha value is -1.95. The molecule has 0 radical (unpaired) electrons. The smallest absolute Gasteiger partial charge is 0.168 e. The van der Waals surface area contributed by atoms with Crippen LogP contribution < -0.4 is 5.32 Å². The maximum absolute atomic E-state index is 13.5. The molecule has 0 amide bonds. The largest absolute Gasteiger partial charge is 0.383 e. The normalized spacial score (nSPS) is 10.6. The highest BCUT2D eigenvalue weighted by Gasteiger charge is 2.11. The number of hydrogen-bond acceptors (Lipinski definition) is 3. The summed E-state index contributed by atoms with van der Waals surface area (Å²) >= 11 is 0. The highest BCUT2D eigenvalue weighted by Crippen LogP contribution is 2.24. The summed E-state index contributed by atoms with van der Waals surface area (Å²) < 4.78 is 31.5. The van der Waals surface area contributed by atoms with Crippen LogP contribution in [-0.4, -0.2) is 30.5 Å². The second-order valence-corrected chi connectivity index (χ2v) is 3.69. The second-order valence-electron chi connectivity index (χ2n) is 3.69. The average molecular weight is 253 g/mol. The summed E-state index contributed by atoms with van der Waals surface area (Å²) in [5.41, 5.74) is 0.578. The monoisotopic (exact) mass is 253 g/mol. The van der Waals surface area contributed by atoms with E-state index < -0.39 is 11.6 Å². The molecule has 0 aliphatic heterocycles. The van der Waals surface area contributed by atoms with E-state index in [4.69, 9.17) is 4.74 Å². The van der Waals surface area contributed by atoms with Gasteiger partial charge in [0.1, 0.15) is 5.82 Å². The first-order chi connectivity index (χ1) is 8.72. The van der Waals surface area contributed by atoms with Gasteiger partial charge < -0.3 is 10.1 Å². The molecule has 2 N–H and O–H groups in total. The van der Waals surface area contributed by atoms with Crippen LogP contribution in [0.25, 0.3) is 11.3 Å². The van der Waals surface area contributed by atoms with Crippen LogP contribution in [0.5, 0.6) is 0 Å². The summed E-state index contributed by atoms with van der Waals surface area (Å²) in [7, 11) is 1.60. The Kier molecular flexibility index (Phi) is 3.88. The fraction of sp³-hybridized carbons (Fsp3) is 0.250. The Morgan fingerprint density at radius 2 is 2.22 bits per heavy atom. The molecular weight excluding hydrogens is 240 g/mol. The highest BCUT2D eigenvalue weighted by atomic mass is 19.2. The lowest BCUT2D eigenvalue weighted by Crippen LogP contribution is -2.07. The van der Waals surface area contributed by atoms with Gasteiger partial charge in [-0.25, -0.2) is 8.78 Å². The van der Waals surface area contributed by atoms with Crippen molar-refractivity contribution in [1.82, 2.24) is 10.2 Å². The van der Waals surface area contributed by atoms with Gasteiger partial charge in [-0.2, -0.15) is 5.10 Å². The van der Waals surface area contributed by atoms with Crippen LogP contribution in [0.15, 0.2) is 24.3 Å². The van der Waals surface area contributed by atoms with Gasteiger partial charge in [0.15, 0.2) is 11.6 Å². The van der Waals surface area contributed by atoms with Crippen molar-refractivity contribution in [3.8, 4) is 11.3 Å². The Bertz CT molecular complexity index is 528. The average Bonchev–Trinajstić information content (AvgIpc) is 2.82. The van der Waals surface area contributed by atoms with Crippen LogP contribution in [0.2, 0.25) is 0 Å². The Morgan fingerprint density at radius 3 is 3.00 bits per heavy atom. The fourth-order valence-electron chi connectivity index (χ4n) is 1.54. The van der Waals surface area contributed by atoms with Gasteiger partial charge in [0.2, 0.25) is 0 Å². The van der Waals surface area contributed by atoms with E-state index in [-0.39, 0.29) is 5.56 Å². The Labute approximate surface area is 103 Å². The highest BCUT2D eigenvalue weighted by molar-refractivity contribution is 5.63. The van der Waals surface area contributed by atoms with Crippen molar-refractivity contribution in [2.45, 2.75) is 0 Å². The van der Waals surface area contributed by atoms with Crippen LogP contribution >= 0.6 is 0 Å². The zero-order chi connectivity index (χ0) is 13.0. The van der Waals surface area contributed by atoms with E-state index in [2.05, 4.69) is 15.5 Å². The number of rotatable bonds is 5. The summed E-state index contributed by atoms with van der Waals surface area (Å²) in [6.45, 7) is 1.13. The molecule has 1 aromatic heterocycles. The van der Waals surface area contributed by atoms with Gasteiger partial charge in [0.05, 0.1) is 12.3 Å². The number of H-pyrrole nitrogens is 1. The van der Waals surface area contributed by atoms with Crippen molar-refractivity contribution in [3.05, 3.63) is 35.9 Å². The summed E-state index contributed by atoms with van der Waals surface area (Å²) in [4.78, 5) is 0. The van der Waals surface area contributed by atoms with Crippen LogP contribution in [0.3, 0.4) is 0 Å². The standard InChI is InChI=1S/C12H13F2N3O/c1-18-6-5-15-11-7-10(16-17-11)8-3-2-4-9(13)12(8)14/h2-4,7H,5-6H2,1H3,(H2,15,16,17). The van der Waals surface area contributed by atoms with Crippen LogP contribution in [0, 0.1) is 11.6 Å². The van der Waals surface area contributed by atoms with Gasteiger partial charge in [-0.15, -0.1) is 0 Å². The van der Waals surface area contributed by atoms with E-state index in [1.165, 1.54) is 12.1 Å². The van der Waals surface area contributed by atoms with E-state index in [0.29, 0.717) is 24.7 Å². The van der Waals surface area contributed by atoms with Crippen molar-refractivity contribution in [3.63, 3.8) is 0 Å². The molecule has 6 heteroatoms. The van der Waals surface area contributed by atoms with E-state index in [9.17, 15) is 8.78 Å². The van der Waals surface area contributed by atoms with Gasteiger partial charge in [-0.3, -0.25) is 5.10 Å². The number of halogens is 2. The molecule has 0 spiro atoms. The molecule has 0 bridgehead atoms. The lowest BCUT2D eigenvalue weighted by molar-refractivity contribution is 0.210. The van der Waals surface area contributed by atoms with E-state index in [1.807, 2.05) is 0 Å². The third-order valence-electron chi connectivity index (χ3n) is 2.43. The number of nitrogens with zero attached hydrogens (tertiary/aromatic N) is 1. The van der Waals surface area contributed by atoms with Gasteiger partial charge in [-0.05, 0) is 12.1 Å². The zero-order valence-electron chi connectivity index (χ0n) is 9.84. The molecule has 0 fully saturated rings. The number of anilines is 1. The van der Waals surface area contributed by atoms with Gasteiger partial charge in [-0.1, -0.05) is 6.07 Å². The topological polar surface area (TPSA) is 49.9 Å². The Morgan fingerprint density at radius 1 is 1.39 bits per heavy atom.